The first-order chi connectivity index (χ1) is 10.7. The average Bonchev–Trinajstić information content (AvgIpc) is 2.45. The summed E-state index contributed by atoms with van der Waals surface area (Å²) in [5.74, 6) is 0.431. The van der Waals surface area contributed by atoms with Crippen LogP contribution in [0.1, 0.15) is 32.3 Å². The number of carbonyl (C=O) groups is 1. The molecule has 0 bridgehead atoms. The summed E-state index contributed by atoms with van der Waals surface area (Å²) in [5, 5.41) is 2.87. The number of nitrogens with zero attached hydrogens (tertiary/aromatic N) is 1. The maximum absolute atomic E-state index is 11.7. The first kappa shape index (κ1) is 19.4. The van der Waals surface area contributed by atoms with Crippen molar-refractivity contribution in [1.29, 1.82) is 0 Å². The lowest BCUT2D eigenvalue weighted by Crippen LogP contribution is -2.35. The Hall–Kier alpha value is -1.60. The van der Waals surface area contributed by atoms with Crippen molar-refractivity contribution in [3.05, 3.63) is 29.8 Å². The smallest absolute Gasteiger partial charge is 0.258 e. The van der Waals surface area contributed by atoms with Gasteiger partial charge in [0.2, 0.25) is 10.0 Å². The van der Waals surface area contributed by atoms with Crippen LogP contribution in [0.15, 0.2) is 24.3 Å². The molecule has 0 radical (unpaired) electrons. The highest BCUT2D eigenvalue weighted by Crippen LogP contribution is 2.14. The van der Waals surface area contributed by atoms with Crippen LogP contribution in [0.25, 0.3) is 0 Å². The van der Waals surface area contributed by atoms with E-state index in [2.05, 4.69) is 12.2 Å². The van der Waals surface area contributed by atoms with E-state index in [4.69, 9.17) is 4.74 Å². The summed E-state index contributed by atoms with van der Waals surface area (Å²) >= 11 is 0. The molecule has 0 spiro atoms. The van der Waals surface area contributed by atoms with Gasteiger partial charge in [0.15, 0.2) is 6.61 Å². The molecule has 1 N–H and O–H groups in total. The molecule has 0 aromatic heterocycles. The highest BCUT2D eigenvalue weighted by molar-refractivity contribution is 7.88. The molecule has 23 heavy (non-hydrogen) atoms. The van der Waals surface area contributed by atoms with E-state index in [1.165, 1.54) is 17.6 Å². The quantitative estimate of drug-likeness (QED) is 0.742. The van der Waals surface area contributed by atoms with Crippen molar-refractivity contribution in [2.45, 2.75) is 39.3 Å². The van der Waals surface area contributed by atoms with E-state index < -0.39 is 10.0 Å². The van der Waals surface area contributed by atoms with Gasteiger partial charge in [-0.3, -0.25) is 4.79 Å². The lowest BCUT2D eigenvalue weighted by Gasteiger charge is -2.15. The molecule has 0 aliphatic rings. The molecule has 1 amide bonds. The van der Waals surface area contributed by atoms with Crippen molar-refractivity contribution >= 4 is 15.9 Å². The highest BCUT2D eigenvalue weighted by Gasteiger charge is 2.11. The van der Waals surface area contributed by atoms with Crippen LogP contribution in [0.2, 0.25) is 0 Å². The molecular formula is C16H26N2O4S. The van der Waals surface area contributed by atoms with Gasteiger partial charge in [0.25, 0.3) is 5.91 Å². The number of sulfonamides is 1. The molecule has 1 aromatic carbocycles. The minimum atomic E-state index is -3.20. The summed E-state index contributed by atoms with van der Waals surface area (Å²) in [6, 6.07) is 7.18. The molecule has 1 rings (SSSR count). The summed E-state index contributed by atoms with van der Waals surface area (Å²) < 4.78 is 29.4. The predicted molar refractivity (Wildman–Crippen MR) is 90.8 cm³/mol. The van der Waals surface area contributed by atoms with Crippen LogP contribution in [-0.2, 0) is 21.4 Å². The number of benzene rings is 1. The largest absolute Gasteiger partial charge is 0.484 e. The van der Waals surface area contributed by atoms with Crippen molar-refractivity contribution in [1.82, 2.24) is 9.62 Å². The van der Waals surface area contributed by atoms with Crippen LogP contribution < -0.4 is 10.1 Å². The van der Waals surface area contributed by atoms with Gasteiger partial charge in [-0.05, 0) is 31.0 Å². The fourth-order valence-corrected chi connectivity index (χ4v) is 2.42. The Balaban J connectivity index is 2.47. The van der Waals surface area contributed by atoms with Crippen molar-refractivity contribution < 1.29 is 17.9 Å². The summed E-state index contributed by atoms with van der Waals surface area (Å²) in [6.07, 6.45) is 3.13. The maximum Gasteiger partial charge on any atom is 0.258 e. The Morgan fingerprint density at radius 2 is 1.91 bits per heavy atom. The second kappa shape index (κ2) is 8.88. The molecule has 1 atom stereocenters. The van der Waals surface area contributed by atoms with E-state index in [1.807, 2.05) is 6.92 Å². The lowest BCUT2D eigenvalue weighted by molar-refractivity contribution is -0.123. The zero-order valence-electron chi connectivity index (χ0n) is 14.2. The van der Waals surface area contributed by atoms with Gasteiger partial charge in [-0.1, -0.05) is 25.5 Å². The number of carbonyl (C=O) groups excluding carboxylic acids is 1. The molecule has 130 valence electrons. The van der Waals surface area contributed by atoms with Gasteiger partial charge in [0, 0.05) is 19.6 Å². The second-order valence-electron chi connectivity index (χ2n) is 5.71. The molecule has 0 aliphatic carbocycles. The van der Waals surface area contributed by atoms with Crippen LogP contribution in [0, 0.1) is 0 Å². The predicted octanol–water partition coefficient (Wildman–Crippen LogP) is 1.76. The minimum Gasteiger partial charge on any atom is -0.484 e. The first-order valence-electron chi connectivity index (χ1n) is 7.64. The van der Waals surface area contributed by atoms with Crippen LogP contribution in [-0.4, -0.2) is 44.6 Å². The SMILES string of the molecule is CCC[C@H](C)NC(=O)COc1ccc(CN(C)S(C)(=O)=O)cc1. The number of rotatable bonds is 9. The van der Waals surface area contributed by atoms with Crippen molar-refractivity contribution in [2.24, 2.45) is 0 Å². The van der Waals surface area contributed by atoms with Crippen LogP contribution in [0.4, 0.5) is 0 Å². The first-order valence-corrected chi connectivity index (χ1v) is 9.49. The molecule has 7 heteroatoms. The number of hydrogen-bond acceptors (Lipinski definition) is 4. The van der Waals surface area contributed by atoms with Gasteiger partial charge < -0.3 is 10.1 Å². The fraction of sp³-hybridized carbons (Fsp3) is 0.562. The van der Waals surface area contributed by atoms with E-state index in [-0.39, 0.29) is 18.6 Å². The molecule has 0 unspecified atom stereocenters. The number of nitrogens with one attached hydrogen (secondary N) is 1. The maximum atomic E-state index is 11.7. The Labute approximate surface area is 138 Å². The summed E-state index contributed by atoms with van der Waals surface area (Å²) in [7, 11) is -1.67. The number of amides is 1. The fourth-order valence-electron chi connectivity index (χ4n) is 2.04. The Morgan fingerprint density at radius 1 is 1.30 bits per heavy atom. The molecule has 0 saturated heterocycles. The van der Waals surface area contributed by atoms with Crippen LogP contribution in [0.5, 0.6) is 5.75 Å². The third-order valence-electron chi connectivity index (χ3n) is 3.39. The van der Waals surface area contributed by atoms with Crippen molar-refractivity contribution in [3.63, 3.8) is 0 Å². The normalized spacial score (nSPS) is 12.9. The molecule has 0 fully saturated rings. The highest BCUT2D eigenvalue weighted by atomic mass is 32.2. The Kier molecular flexibility index (Phi) is 7.51. The zero-order chi connectivity index (χ0) is 17.5. The Bertz CT molecular complexity index is 599. The molecule has 0 aliphatic heterocycles. The lowest BCUT2D eigenvalue weighted by atomic mass is 10.2. The summed E-state index contributed by atoms with van der Waals surface area (Å²) in [6.45, 7) is 4.31. The van der Waals surface area contributed by atoms with Crippen molar-refractivity contribution in [2.75, 3.05) is 19.9 Å². The average molecular weight is 342 g/mol. The summed E-state index contributed by atoms with van der Waals surface area (Å²) in [5.41, 5.74) is 0.853. The number of ether oxygens (including phenoxy) is 1. The van der Waals surface area contributed by atoms with Gasteiger partial charge in [0.05, 0.1) is 6.26 Å². The summed E-state index contributed by atoms with van der Waals surface area (Å²) in [4.78, 5) is 11.7. The molecule has 0 saturated carbocycles. The van der Waals surface area contributed by atoms with Crippen LogP contribution >= 0.6 is 0 Å². The van der Waals surface area contributed by atoms with E-state index in [1.54, 1.807) is 24.3 Å². The van der Waals surface area contributed by atoms with E-state index in [0.29, 0.717) is 12.3 Å². The standard InChI is InChI=1S/C16H26N2O4S/c1-5-6-13(2)17-16(19)12-22-15-9-7-14(8-10-15)11-18(3)23(4,20)21/h7-10,13H,5-6,11-12H2,1-4H3,(H,17,19)/t13-/m0/s1. The topological polar surface area (TPSA) is 75.7 Å². The monoisotopic (exact) mass is 342 g/mol. The van der Waals surface area contributed by atoms with Gasteiger partial charge in [-0.15, -0.1) is 0 Å². The van der Waals surface area contributed by atoms with Gasteiger partial charge in [-0.2, -0.15) is 0 Å². The number of hydrogen-bond donors (Lipinski definition) is 1. The van der Waals surface area contributed by atoms with Gasteiger partial charge in [-0.25, -0.2) is 12.7 Å². The third kappa shape index (κ3) is 7.47. The second-order valence-corrected chi connectivity index (χ2v) is 7.80. The third-order valence-corrected chi connectivity index (χ3v) is 4.66. The van der Waals surface area contributed by atoms with Crippen molar-refractivity contribution in [3.8, 4) is 5.75 Å². The molecule has 1 aromatic rings. The van der Waals surface area contributed by atoms with Crippen LogP contribution in [0.3, 0.4) is 0 Å². The zero-order valence-corrected chi connectivity index (χ0v) is 15.0. The molecule has 0 heterocycles. The van der Waals surface area contributed by atoms with Gasteiger partial charge in [0.1, 0.15) is 5.75 Å². The van der Waals surface area contributed by atoms with E-state index in [0.717, 1.165) is 18.4 Å². The molecular weight excluding hydrogens is 316 g/mol. The Morgan fingerprint density at radius 3 is 2.43 bits per heavy atom. The van der Waals surface area contributed by atoms with E-state index in [9.17, 15) is 13.2 Å². The minimum absolute atomic E-state index is 0.0311. The molecule has 6 nitrogen and oxygen atoms in total. The van der Waals surface area contributed by atoms with Gasteiger partial charge >= 0.3 is 0 Å². The van der Waals surface area contributed by atoms with E-state index >= 15 is 0 Å².